The molecule has 0 aliphatic carbocycles. The number of hydrogen-bond acceptors (Lipinski definition) is 25. The normalized spacial score (nSPS) is 28.4. The number of halogens is 1. The quantitative estimate of drug-likeness (QED) is 0.113. The first-order valence-electron chi connectivity index (χ1n) is 17.6. The lowest BCUT2D eigenvalue weighted by atomic mass is 10.1. The van der Waals surface area contributed by atoms with Crippen molar-refractivity contribution >= 4 is 82.6 Å². The molecule has 60 heavy (non-hydrogen) atoms. The van der Waals surface area contributed by atoms with E-state index in [1.165, 1.54) is 10.9 Å². The van der Waals surface area contributed by atoms with Crippen molar-refractivity contribution in [1.82, 2.24) is 39.0 Å². The molecule has 2 bridgehead atoms. The fraction of sp³-hybridized carbons (Fsp3) is 0.533. The van der Waals surface area contributed by atoms with Crippen molar-refractivity contribution in [2.75, 3.05) is 36.6 Å². The van der Waals surface area contributed by atoms with E-state index in [2.05, 4.69) is 29.9 Å². The highest BCUT2D eigenvalue weighted by Gasteiger charge is 2.53. The van der Waals surface area contributed by atoms with Gasteiger partial charge in [0.15, 0.2) is 52.6 Å². The zero-order valence-electron chi connectivity index (χ0n) is 31.7. The molecule has 5 N–H and O–H groups in total. The van der Waals surface area contributed by atoms with Crippen LogP contribution in [0, 0.1) is 0 Å². The van der Waals surface area contributed by atoms with Crippen LogP contribution in [0.2, 0.25) is 0 Å². The first kappa shape index (κ1) is 43.6. The maximum atomic E-state index is 16.8. The summed E-state index contributed by atoms with van der Waals surface area (Å²) in [5, 5.41) is 11.7. The molecule has 3 aliphatic heterocycles. The number of rotatable bonds is 10. The van der Waals surface area contributed by atoms with E-state index >= 15 is 4.39 Å². The number of alkyl halides is 1. The molecule has 7 unspecified atom stereocenters. The standard InChI is InChI=1S/C30H37FN10O15P2S2/c1-13(2)51-29(43)47-11-59-57(45)49-5-15-20(42)22(28(53-15)41-10-39-19-24(33)35-8-37-26(19)41)56-58(46,60-12-48-30(44)52-14(3)4)50-6-16-21(55-57)17(31)27(54-16)40-9-38-18-23(32)34-7-36-25(18)40/h7-10,13-15,17,20,22,27-28,42H,5-6,11-12H2,1-4H3,(H2,32,34,36)(H2,33,35,37)/t15?,17?,20?,22-,27?,28?,57?,58?/m0/s1. The van der Waals surface area contributed by atoms with Crippen molar-refractivity contribution < 1.29 is 74.7 Å². The molecule has 25 nitrogen and oxygen atoms in total. The van der Waals surface area contributed by atoms with Crippen LogP contribution >= 0.6 is 36.4 Å². The number of aromatic nitrogens is 8. The molecular formula is C30H37FN10O15P2S2. The summed E-state index contributed by atoms with van der Waals surface area (Å²) in [5.41, 5.74) is 12.3. The predicted molar refractivity (Wildman–Crippen MR) is 205 cm³/mol. The van der Waals surface area contributed by atoms with Gasteiger partial charge in [-0.1, -0.05) is 0 Å². The van der Waals surface area contributed by atoms with E-state index in [9.17, 15) is 23.8 Å². The Morgan fingerprint density at radius 1 is 0.867 bits per heavy atom. The molecule has 7 heterocycles. The molecule has 4 aromatic heterocycles. The van der Waals surface area contributed by atoms with Gasteiger partial charge in [-0.3, -0.25) is 22.7 Å². The Balaban J connectivity index is 1.26. The number of ether oxygens (including phenoxy) is 6. The number of carbonyl (C=O) groups excluding carboxylic acids is 2. The van der Waals surface area contributed by atoms with Gasteiger partial charge >= 0.3 is 25.9 Å². The van der Waals surface area contributed by atoms with Gasteiger partial charge in [0.05, 0.1) is 25.1 Å². The van der Waals surface area contributed by atoms with Crippen LogP contribution < -0.4 is 11.5 Å². The fourth-order valence-corrected chi connectivity index (χ4v) is 11.0. The second kappa shape index (κ2) is 17.8. The average molecular weight is 923 g/mol. The van der Waals surface area contributed by atoms with E-state index in [0.717, 1.165) is 23.5 Å². The molecule has 4 aromatic rings. The van der Waals surface area contributed by atoms with Gasteiger partial charge in [0.1, 0.15) is 54.9 Å². The van der Waals surface area contributed by atoms with Gasteiger partial charge in [0, 0.05) is 22.8 Å². The minimum atomic E-state index is -4.75. The van der Waals surface area contributed by atoms with Crippen LogP contribution in [-0.4, -0.2) is 118 Å². The summed E-state index contributed by atoms with van der Waals surface area (Å²) in [7, 11) is 0. The van der Waals surface area contributed by atoms with Gasteiger partial charge < -0.3 is 49.5 Å². The maximum Gasteiger partial charge on any atom is 0.509 e. The van der Waals surface area contributed by atoms with Crippen LogP contribution in [0.25, 0.3) is 22.3 Å². The highest BCUT2D eigenvalue weighted by atomic mass is 32.7. The summed E-state index contributed by atoms with van der Waals surface area (Å²) < 4.78 is 104. The van der Waals surface area contributed by atoms with Crippen LogP contribution in [0.15, 0.2) is 36.8 Å². The Bertz CT molecular complexity index is 2380. The van der Waals surface area contributed by atoms with Crippen molar-refractivity contribution in [1.29, 1.82) is 0 Å². The number of imidazole rings is 2. The molecule has 0 aromatic carbocycles. The molecular weight excluding hydrogens is 885 g/mol. The summed E-state index contributed by atoms with van der Waals surface area (Å²) in [6.07, 6.45) is -8.88. The van der Waals surface area contributed by atoms with Gasteiger partial charge in [0.25, 0.3) is 0 Å². The summed E-state index contributed by atoms with van der Waals surface area (Å²) in [6.45, 7) is -4.82. The summed E-state index contributed by atoms with van der Waals surface area (Å²) in [4.78, 5) is 49.0. The molecule has 0 spiro atoms. The van der Waals surface area contributed by atoms with E-state index in [4.69, 9.17) is 58.0 Å². The van der Waals surface area contributed by atoms with Crippen LogP contribution in [-0.2, 0) is 55.6 Å². The number of nitrogens with zero attached hydrogens (tertiary/aromatic N) is 8. The molecule has 0 radical (unpaired) electrons. The van der Waals surface area contributed by atoms with Gasteiger partial charge in [0.2, 0.25) is 12.4 Å². The Labute approximate surface area is 345 Å². The van der Waals surface area contributed by atoms with Crippen molar-refractivity contribution in [3.63, 3.8) is 0 Å². The van der Waals surface area contributed by atoms with Crippen LogP contribution in [0.5, 0.6) is 0 Å². The number of hydrogen-bond donors (Lipinski definition) is 3. The average Bonchev–Trinajstić information content (AvgIpc) is 3.94. The van der Waals surface area contributed by atoms with E-state index in [1.807, 2.05) is 0 Å². The van der Waals surface area contributed by atoms with Crippen molar-refractivity contribution in [3.05, 3.63) is 36.8 Å². The van der Waals surface area contributed by atoms with E-state index in [1.54, 1.807) is 27.7 Å². The van der Waals surface area contributed by atoms with Crippen LogP contribution in [0.1, 0.15) is 40.2 Å². The summed E-state index contributed by atoms with van der Waals surface area (Å²) in [6, 6.07) is 0. The number of fused-ring (bicyclic) bond motifs is 4. The van der Waals surface area contributed by atoms with Gasteiger partial charge in [-0.2, -0.15) is 0 Å². The Morgan fingerprint density at radius 2 is 1.42 bits per heavy atom. The molecule has 1 saturated heterocycles. The fourth-order valence-electron chi connectivity index (χ4n) is 5.75. The smallest absolute Gasteiger partial charge is 0.465 e. The molecule has 8 atom stereocenters. The largest absolute Gasteiger partial charge is 0.509 e. The molecule has 326 valence electrons. The zero-order chi connectivity index (χ0) is 42.9. The lowest BCUT2D eigenvalue weighted by Gasteiger charge is -2.26. The first-order valence-corrected chi connectivity index (χ1v) is 23.9. The van der Waals surface area contributed by atoms with Gasteiger partial charge in [-0.25, -0.2) is 53.0 Å². The molecule has 0 saturated carbocycles. The van der Waals surface area contributed by atoms with Crippen LogP contribution in [0.3, 0.4) is 0 Å². The lowest BCUT2D eigenvalue weighted by Crippen LogP contribution is -2.35. The number of nitrogen functional groups attached to an aromatic ring is 2. The lowest BCUT2D eigenvalue weighted by molar-refractivity contribution is -0.0463. The highest BCUT2D eigenvalue weighted by Crippen LogP contribution is 2.66. The van der Waals surface area contributed by atoms with Crippen molar-refractivity contribution in [2.24, 2.45) is 0 Å². The third-order valence-electron chi connectivity index (χ3n) is 8.32. The molecule has 30 heteroatoms. The highest BCUT2D eigenvalue weighted by molar-refractivity contribution is 8.55. The Morgan fingerprint density at radius 3 is 1.98 bits per heavy atom. The molecule has 1 fully saturated rings. The summed E-state index contributed by atoms with van der Waals surface area (Å²) >= 11 is 0.665. The van der Waals surface area contributed by atoms with Gasteiger partial charge in [-0.05, 0) is 27.7 Å². The molecule has 7 rings (SSSR count). The van der Waals surface area contributed by atoms with E-state index in [-0.39, 0.29) is 34.0 Å². The number of nitrogens with two attached hydrogens (primary N) is 2. The first-order chi connectivity index (χ1) is 28.5. The minimum Gasteiger partial charge on any atom is -0.465 e. The minimum absolute atomic E-state index is 0.00566. The maximum absolute atomic E-state index is 16.8. The number of aliphatic hydroxyl groups excluding tert-OH is 1. The van der Waals surface area contributed by atoms with Crippen molar-refractivity contribution in [3.8, 4) is 0 Å². The Kier molecular flexibility index (Phi) is 12.9. The van der Waals surface area contributed by atoms with Gasteiger partial charge in [-0.15, -0.1) is 0 Å². The van der Waals surface area contributed by atoms with Crippen molar-refractivity contribution in [2.45, 2.75) is 76.8 Å². The second-order valence-corrected chi connectivity index (χ2v) is 21.1. The predicted octanol–water partition coefficient (Wildman–Crippen LogP) is 4.34. The third kappa shape index (κ3) is 9.35. The molecule has 0 amide bonds. The third-order valence-corrected chi connectivity index (χ3v) is 14.9. The topological polar surface area (TPSA) is 320 Å². The monoisotopic (exact) mass is 922 g/mol. The van der Waals surface area contributed by atoms with Crippen LogP contribution in [0.4, 0.5) is 25.6 Å². The van der Waals surface area contributed by atoms with E-state index < -0.39 is 112 Å². The number of carbonyl (C=O) groups is 2. The Hall–Kier alpha value is -4.53. The summed E-state index contributed by atoms with van der Waals surface area (Å²) in [5.74, 6) is -2.65. The second-order valence-electron chi connectivity index (χ2n) is 13.2. The molecule has 3 aliphatic rings. The number of aliphatic hydroxyl groups is 1. The SMILES string of the molecule is CC(C)OC(=O)OCSP1(=O)OCC2OC(n3cnc4c(N)ncnc43)[C@@H](OP(=O)(SCOC(=O)OC(C)C)OCC3=C(O1)C(F)C(n1cnc4c(N)ncnc41)O3)C2O. The van der Waals surface area contributed by atoms with E-state index in [0.29, 0.717) is 22.8 Å². The number of anilines is 2. The zero-order valence-corrected chi connectivity index (χ0v) is 35.2.